The maximum absolute atomic E-state index is 11.9. The van der Waals surface area contributed by atoms with E-state index in [0.717, 1.165) is 25.9 Å². The third-order valence-electron chi connectivity index (χ3n) is 3.15. The molecular formula is C10H17NO2. The highest BCUT2D eigenvalue weighted by Crippen LogP contribution is 2.29. The van der Waals surface area contributed by atoms with E-state index < -0.39 is 0 Å². The van der Waals surface area contributed by atoms with Gasteiger partial charge in [-0.15, -0.1) is 0 Å². The van der Waals surface area contributed by atoms with Gasteiger partial charge in [-0.2, -0.15) is 0 Å². The molecule has 0 saturated carbocycles. The smallest absolute Gasteiger partial charge is 0.227 e. The number of hydrogen-bond acceptors (Lipinski definition) is 2. The van der Waals surface area contributed by atoms with Gasteiger partial charge in [-0.25, -0.2) is 0 Å². The first-order valence-corrected chi connectivity index (χ1v) is 5.14. The van der Waals surface area contributed by atoms with Gasteiger partial charge < -0.3 is 9.64 Å². The summed E-state index contributed by atoms with van der Waals surface area (Å²) in [6.45, 7) is 4.85. The molecule has 2 heterocycles. The number of rotatable bonds is 0. The van der Waals surface area contributed by atoms with E-state index in [1.807, 2.05) is 11.8 Å². The maximum Gasteiger partial charge on any atom is 0.227 e. The van der Waals surface area contributed by atoms with Gasteiger partial charge in [0.15, 0.2) is 0 Å². The first kappa shape index (κ1) is 9.00. The van der Waals surface area contributed by atoms with Crippen LogP contribution in [-0.4, -0.2) is 29.7 Å². The second-order valence-electron chi connectivity index (χ2n) is 4.19. The Balaban J connectivity index is 2.18. The molecule has 2 fully saturated rings. The third-order valence-corrected chi connectivity index (χ3v) is 3.15. The summed E-state index contributed by atoms with van der Waals surface area (Å²) in [5, 5.41) is 0. The molecule has 1 amide bonds. The highest BCUT2D eigenvalue weighted by atomic mass is 16.5. The van der Waals surface area contributed by atoms with Crippen molar-refractivity contribution in [3.05, 3.63) is 0 Å². The third kappa shape index (κ3) is 1.46. The summed E-state index contributed by atoms with van der Waals surface area (Å²) in [4.78, 5) is 13.8. The topological polar surface area (TPSA) is 29.5 Å². The fourth-order valence-corrected chi connectivity index (χ4v) is 2.23. The van der Waals surface area contributed by atoms with Crippen molar-refractivity contribution < 1.29 is 9.53 Å². The molecule has 0 bridgehead atoms. The van der Waals surface area contributed by atoms with Gasteiger partial charge in [0, 0.05) is 18.6 Å². The van der Waals surface area contributed by atoms with E-state index in [-0.39, 0.29) is 18.1 Å². The average molecular weight is 183 g/mol. The van der Waals surface area contributed by atoms with E-state index in [1.54, 1.807) is 0 Å². The number of ether oxygens (including phenoxy) is 1. The highest BCUT2D eigenvalue weighted by Gasteiger charge is 2.38. The Kier molecular flexibility index (Phi) is 2.28. The predicted octanol–water partition coefficient (Wildman–Crippen LogP) is 1.38. The minimum absolute atomic E-state index is 0.0763. The van der Waals surface area contributed by atoms with Crippen molar-refractivity contribution in [3.8, 4) is 0 Å². The summed E-state index contributed by atoms with van der Waals surface area (Å²) in [6, 6.07) is 0.373. The number of fused-ring (bicyclic) bond motifs is 1. The molecule has 2 aliphatic heterocycles. The molecule has 0 aromatic rings. The Hall–Kier alpha value is -0.570. The highest BCUT2D eigenvalue weighted by molar-refractivity contribution is 5.79. The summed E-state index contributed by atoms with van der Waals surface area (Å²) >= 11 is 0. The van der Waals surface area contributed by atoms with Gasteiger partial charge in [-0.3, -0.25) is 4.79 Å². The van der Waals surface area contributed by atoms with Gasteiger partial charge >= 0.3 is 0 Å². The Morgan fingerprint density at radius 2 is 2.08 bits per heavy atom. The first-order valence-electron chi connectivity index (χ1n) is 5.14. The average Bonchev–Trinajstić information content (AvgIpc) is 2.39. The molecule has 0 radical (unpaired) electrons. The number of hydrogen-bond donors (Lipinski definition) is 0. The lowest BCUT2D eigenvalue weighted by Gasteiger charge is -2.27. The lowest BCUT2D eigenvalue weighted by molar-refractivity contribution is -0.143. The molecule has 3 atom stereocenters. The molecule has 0 unspecified atom stereocenters. The minimum atomic E-state index is 0.0763. The van der Waals surface area contributed by atoms with Gasteiger partial charge in [-0.05, 0) is 26.2 Å². The molecule has 3 heteroatoms. The molecule has 2 aliphatic rings. The normalized spacial score (nSPS) is 40.3. The second kappa shape index (κ2) is 3.29. The quantitative estimate of drug-likeness (QED) is 0.568. The maximum atomic E-state index is 11.9. The SMILES string of the molecule is C[C@@H]1CC[C@@H]2OCC[C@H](C)C(=O)N12. The summed E-state index contributed by atoms with van der Waals surface area (Å²) in [5.74, 6) is 0.429. The summed E-state index contributed by atoms with van der Waals surface area (Å²) < 4.78 is 5.64. The van der Waals surface area contributed by atoms with E-state index in [2.05, 4.69) is 6.92 Å². The summed E-state index contributed by atoms with van der Waals surface area (Å²) in [5.41, 5.74) is 0. The second-order valence-corrected chi connectivity index (χ2v) is 4.19. The molecule has 2 rings (SSSR count). The van der Waals surface area contributed by atoms with Crippen LogP contribution in [0, 0.1) is 5.92 Å². The molecule has 74 valence electrons. The Morgan fingerprint density at radius 1 is 1.31 bits per heavy atom. The van der Waals surface area contributed by atoms with Crippen LogP contribution >= 0.6 is 0 Å². The first-order chi connectivity index (χ1) is 6.20. The minimum Gasteiger partial charge on any atom is -0.358 e. The molecule has 0 spiro atoms. The number of nitrogens with zero attached hydrogens (tertiary/aromatic N) is 1. The molecule has 3 nitrogen and oxygen atoms in total. The fourth-order valence-electron chi connectivity index (χ4n) is 2.23. The van der Waals surface area contributed by atoms with Gasteiger partial charge in [0.2, 0.25) is 5.91 Å². The number of carbonyl (C=O) groups excluding carboxylic acids is 1. The van der Waals surface area contributed by atoms with Crippen LogP contribution in [0.2, 0.25) is 0 Å². The van der Waals surface area contributed by atoms with Crippen molar-refractivity contribution in [1.82, 2.24) is 4.90 Å². The largest absolute Gasteiger partial charge is 0.358 e. The molecule has 0 aromatic carbocycles. The number of carbonyl (C=O) groups is 1. The Morgan fingerprint density at radius 3 is 2.85 bits per heavy atom. The van der Waals surface area contributed by atoms with E-state index in [4.69, 9.17) is 4.74 Å². The van der Waals surface area contributed by atoms with Crippen molar-refractivity contribution in [3.63, 3.8) is 0 Å². The molecule has 0 aliphatic carbocycles. The molecule has 0 aromatic heterocycles. The van der Waals surface area contributed by atoms with E-state index in [9.17, 15) is 4.79 Å². The van der Waals surface area contributed by atoms with Crippen LogP contribution < -0.4 is 0 Å². The lowest BCUT2D eigenvalue weighted by Crippen LogP contribution is -2.41. The van der Waals surface area contributed by atoms with Crippen LogP contribution in [0.3, 0.4) is 0 Å². The summed E-state index contributed by atoms with van der Waals surface area (Å²) in [7, 11) is 0. The predicted molar refractivity (Wildman–Crippen MR) is 49.1 cm³/mol. The summed E-state index contributed by atoms with van der Waals surface area (Å²) in [6.07, 6.45) is 3.05. The lowest BCUT2D eigenvalue weighted by atomic mass is 10.1. The number of amides is 1. The van der Waals surface area contributed by atoms with Crippen LogP contribution in [0.1, 0.15) is 33.1 Å². The standard InChI is InChI=1S/C10H17NO2/c1-7-5-6-13-9-4-3-8(2)11(9)10(7)12/h7-9H,3-6H2,1-2H3/t7-,8+,9-/m0/s1. The van der Waals surface area contributed by atoms with Gasteiger partial charge in [0.25, 0.3) is 0 Å². The molecular weight excluding hydrogens is 166 g/mol. The van der Waals surface area contributed by atoms with Gasteiger partial charge in [-0.1, -0.05) is 6.92 Å². The van der Waals surface area contributed by atoms with Crippen molar-refractivity contribution in [2.45, 2.75) is 45.4 Å². The van der Waals surface area contributed by atoms with E-state index >= 15 is 0 Å². The fraction of sp³-hybridized carbons (Fsp3) is 0.900. The van der Waals surface area contributed by atoms with Crippen LogP contribution in [-0.2, 0) is 9.53 Å². The van der Waals surface area contributed by atoms with E-state index in [0.29, 0.717) is 6.04 Å². The molecule has 13 heavy (non-hydrogen) atoms. The van der Waals surface area contributed by atoms with Gasteiger partial charge in [0.05, 0.1) is 0 Å². The zero-order valence-corrected chi connectivity index (χ0v) is 8.32. The zero-order valence-electron chi connectivity index (χ0n) is 8.32. The van der Waals surface area contributed by atoms with Crippen LogP contribution in [0.5, 0.6) is 0 Å². The van der Waals surface area contributed by atoms with Crippen molar-refractivity contribution in [2.24, 2.45) is 5.92 Å². The van der Waals surface area contributed by atoms with Gasteiger partial charge in [0.1, 0.15) is 6.23 Å². The van der Waals surface area contributed by atoms with E-state index in [1.165, 1.54) is 0 Å². The zero-order chi connectivity index (χ0) is 9.42. The van der Waals surface area contributed by atoms with Crippen LogP contribution in [0.25, 0.3) is 0 Å². The van der Waals surface area contributed by atoms with Crippen molar-refractivity contribution >= 4 is 5.91 Å². The van der Waals surface area contributed by atoms with Crippen molar-refractivity contribution in [1.29, 1.82) is 0 Å². The molecule has 0 N–H and O–H groups in total. The molecule has 2 saturated heterocycles. The van der Waals surface area contributed by atoms with Crippen molar-refractivity contribution in [2.75, 3.05) is 6.61 Å². The Labute approximate surface area is 79.0 Å². The monoisotopic (exact) mass is 183 g/mol. The van der Waals surface area contributed by atoms with Crippen LogP contribution in [0.15, 0.2) is 0 Å². The van der Waals surface area contributed by atoms with Crippen LogP contribution in [0.4, 0.5) is 0 Å². The Bertz CT molecular complexity index is 217.